The summed E-state index contributed by atoms with van der Waals surface area (Å²) >= 11 is 0. The number of aryl methyl sites for hydroxylation is 1. The number of hydrogen-bond acceptors (Lipinski definition) is 5. The maximum absolute atomic E-state index is 11.8. The van der Waals surface area contributed by atoms with Crippen LogP contribution in [-0.4, -0.2) is 27.2 Å². The Balaban J connectivity index is 2.37. The van der Waals surface area contributed by atoms with Gasteiger partial charge < -0.3 is 10.6 Å². The van der Waals surface area contributed by atoms with Crippen LogP contribution in [0, 0.1) is 10.1 Å². The molecule has 0 atom stereocenters. The molecule has 21 heavy (non-hydrogen) atoms. The van der Waals surface area contributed by atoms with Gasteiger partial charge in [0.15, 0.2) is 0 Å². The highest BCUT2D eigenvalue weighted by molar-refractivity contribution is 5.96. The summed E-state index contributed by atoms with van der Waals surface area (Å²) in [5.41, 5.74) is 1.10. The van der Waals surface area contributed by atoms with Crippen LogP contribution in [0.15, 0.2) is 30.6 Å². The van der Waals surface area contributed by atoms with Gasteiger partial charge in [-0.05, 0) is 19.1 Å². The Morgan fingerprint density at radius 1 is 1.48 bits per heavy atom. The van der Waals surface area contributed by atoms with Crippen molar-refractivity contribution < 1.29 is 9.72 Å². The molecule has 1 aromatic heterocycles. The molecule has 0 saturated carbocycles. The largest absolute Gasteiger partial charge is 0.352 e. The molecule has 0 bridgehead atoms. The normalized spacial score (nSPS) is 10.2. The summed E-state index contributed by atoms with van der Waals surface area (Å²) in [7, 11) is 1.74. The van der Waals surface area contributed by atoms with Crippen molar-refractivity contribution in [3.63, 3.8) is 0 Å². The predicted octanol–water partition coefficient (Wildman–Crippen LogP) is 1.82. The van der Waals surface area contributed by atoms with Gasteiger partial charge in [-0.2, -0.15) is 5.10 Å². The summed E-state index contributed by atoms with van der Waals surface area (Å²) in [6, 6.07) is 4.19. The first kappa shape index (κ1) is 14.5. The minimum Gasteiger partial charge on any atom is -0.352 e. The molecule has 2 aromatic rings. The number of nitrogens with one attached hydrogen (secondary N) is 2. The Morgan fingerprint density at radius 3 is 2.81 bits per heavy atom. The predicted molar refractivity (Wildman–Crippen MR) is 77.6 cm³/mol. The van der Waals surface area contributed by atoms with E-state index in [1.807, 2.05) is 0 Å². The molecule has 0 aliphatic heterocycles. The molecule has 2 rings (SSSR count). The van der Waals surface area contributed by atoms with Gasteiger partial charge in [0.05, 0.1) is 16.8 Å². The summed E-state index contributed by atoms with van der Waals surface area (Å²) in [5, 5.41) is 20.6. The smallest absolute Gasteiger partial charge is 0.292 e. The van der Waals surface area contributed by atoms with E-state index in [-0.39, 0.29) is 17.3 Å². The van der Waals surface area contributed by atoms with Gasteiger partial charge in [-0.25, -0.2) is 0 Å². The second kappa shape index (κ2) is 6.04. The number of carbonyl (C=O) groups is 1. The van der Waals surface area contributed by atoms with Crippen molar-refractivity contribution in [2.24, 2.45) is 7.05 Å². The number of amides is 1. The third-order valence-corrected chi connectivity index (χ3v) is 2.78. The molecule has 8 nitrogen and oxygen atoms in total. The maximum atomic E-state index is 11.8. The van der Waals surface area contributed by atoms with Crippen LogP contribution in [0.1, 0.15) is 17.3 Å². The third-order valence-electron chi connectivity index (χ3n) is 2.78. The summed E-state index contributed by atoms with van der Waals surface area (Å²) in [4.78, 5) is 22.4. The first-order valence-electron chi connectivity index (χ1n) is 6.33. The average molecular weight is 289 g/mol. The lowest BCUT2D eigenvalue weighted by molar-refractivity contribution is -0.383. The number of nitro groups is 1. The quantitative estimate of drug-likeness (QED) is 0.645. The molecule has 1 heterocycles. The van der Waals surface area contributed by atoms with E-state index in [2.05, 4.69) is 15.7 Å². The van der Waals surface area contributed by atoms with E-state index in [1.54, 1.807) is 31.0 Å². The molecule has 0 radical (unpaired) electrons. The summed E-state index contributed by atoms with van der Waals surface area (Å²) in [6.07, 6.45) is 3.23. The van der Waals surface area contributed by atoms with Crippen LogP contribution in [0.25, 0.3) is 0 Å². The number of carbonyl (C=O) groups excluding carboxylic acids is 1. The summed E-state index contributed by atoms with van der Waals surface area (Å²) in [5.74, 6) is -0.276. The van der Waals surface area contributed by atoms with Crippen molar-refractivity contribution >= 4 is 23.0 Å². The number of nitrogens with zero attached hydrogens (tertiary/aromatic N) is 3. The highest BCUT2D eigenvalue weighted by atomic mass is 16.6. The highest BCUT2D eigenvalue weighted by Gasteiger charge is 2.17. The Morgan fingerprint density at radius 2 is 2.24 bits per heavy atom. The van der Waals surface area contributed by atoms with Crippen LogP contribution in [-0.2, 0) is 7.05 Å². The van der Waals surface area contributed by atoms with Gasteiger partial charge in [-0.3, -0.25) is 19.6 Å². The van der Waals surface area contributed by atoms with E-state index >= 15 is 0 Å². The maximum Gasteiger partial charge on any atom is 0.292 e. The Bertz CT molecular complexity index is 680. The van der Waals surface area contributed by atoms with Gasteiger partial charge >= 0.3 is 0 Å². The van der Waals surface area contributed by atoms with Crippen LogP contribution in [0.5, 0.6) is 0 Å². The van der Waals surface area contributed by atoms with Crippen LogP contribution in [0.2, 0.25) is 0 Å². The zero-order valence-corrected chi connectivity index (χ0v) is 11.7. The summed E-state index contributed by atoms with van der Waals surface area (Å²) in [6.45, 7) is 2.29. The van der Waals surface area contributed by atoms with Crippen LogP contribution in [0.3, 0.4) is 0 Å². The molecular formula is C13H15N5O3. The molecule has 2 N–H and O–H groups in total. The average Bonchev–Trinajstić information content (AvgIpc) is 2.84. The molecule has 1 amide bonds. The molecule has 0 saturated heterocycles. The van der Waals surface area contributed by atoms with Crippen molar-refractivity contribution in [2.75, 3.05) is 11.9 Å². The number of rotatable bonds is 5. The Labute approximate surface area is 120 Å². The fourth-order valence-electron chi connectivity index (χ4n) is 1.84. The van der Waals surface area contributed by atoms with Crippen molar-refractivity contribution in [1.82, 2.24) is 15.1 Å². The number of benzene rings is 1. The molecule has 8 heteroatoms. The fourth-order valence-corrected chi connectivity index (χ4v) is 1.84. The lowest BCUT2D eigenvalue weighted by Crippen LogP contribution is -2.22. The van der Waals surface area contributed by atoms with Gasteiger partial charge in [0.2, 0.25) is 0 Å². The minimum atomic E-state index is -0.500. The van der Waals surface area contributed by atoms with E-state index in [1.165, 1.54) is 18.2 Å². The van der Waals surface area contributed by atoms with Crippen molar-refractivity contribution in [3.05, 3.63) is 46.3 Å². The first-order chi connectivity index (χ1) is 10.0. The molecule has 1 aromatic carbocycles. The van der Waals surface area contributed by atoms with Gasteiger partial charge in [-0.15, -0.1) is 0 Å². The molecule has 0 aliphatic carbocycles. The molecule has 0 fully saturated rings. The van der Waals surface area contributed by atoms with Gasteiger partial charge in [0, 0.05) is 31.4 Å². The lowest BCUT2D eigenvalue weighted by Gasteiger charge is -2.07. The molecular weight excluding hydrogens is 274 g/mol. The molecule has 0 unspecified atom stereocenters. The van der Waals surface area contributed by atoms with Gasteiger partial charge in [0.1, 0.15) is 5.69 Å². The number of aromatic nitrogens is 2. The van der Waals surface area contributed by atoms with Crippen LogP contribution < -0.4 is 10.6 Å². The molecule has 0 aliphatic rings. The summed E-state index contributed by atoms with van der Waals surface area (Å²) < 4.78 is 1.57. The second-order valence-electron chi connectivity index (χ2n) is 4.38. The standard InChI is InChI=1S/C13H15N5O3/c1-3-14-13(19)9-4-5-12(18(20)21)11(6-9)16-10-7-15-17(2)8-10/h4-8,16H,3H2,1-2H3,(H,14,19). The Hall–Kier alpha value is -2.90. The fraction of sp³-hybridized carbons (Fsp3) is 0.231. The van der Waals surface area contributed by atoms with E-state index in [9.17, 15) is 14.9 Å². The van der Waals surface area contributed by atoms with Crippen molar-refractivity contribution in [2.45, 2.75) is 6.92 Å². The lowest BCUT2D eigenvalue weighted by atomic mass is 10.1. The van der Waals surface area contributed by atoms with Crippen LogP contribution >= 0.6 is 0 Å². The van der Waals surface area contributed by atoms with Gasteiger partial charge in [0.25, 0.3) is 11.6 Å². The number of anilines is 2. The third kappa shape index (κ3) is 3.35. The number of hydrogen-bond donors (Lipinski definition) is 2. The minimum absolute atomic E-state index is 0.105. The van der Waals surface area contributed by atoms with Crippen molar-refractivity contribution in [1.29, 1.82) is 0 Å². The van der Waals surface area contributed by atoms with Crippen LogP contribution in [0.4, 0.5) is 17.1 Å². The van der Waals surface area contributed by atoms with Crippen molar-refractivity contribution in [3.8, 4) is 0 Å². The van der Waals surface area contributed by atoms with Gasteiger partial charge in [-0.1, -0.05) is 0 Å². The van der Waals surface area contributed by atoms with E-state index in [4.69, 9.17) is 0 Å². The SMILES string of the molecule is CCNC(=O)c1ccc([N+](=O)[O-])c(Nc2cnn(C)c2)c1. The molecule has 0 spiro atoms. The first-order valence-corrected chi connectivity index (χ1v) is 6.33. The molecule has 110 valence electrons. The second-order valence-corrected chi connectivity index (χ2v) is 4.38. The Kier molecular flexibility index (Phi) is 4.17. The topological polar surface area (TPSA) is 102 Å². The number of nitro benzene ring substituents is 1. The zero-order valence-electron chi connectivity index (χ0n) is 11.7. The van der Waals surface area contributed by atoms with E-state index < -0.39 is 4.92 Å². The highest BCUT2D eigenvalue weighted by Crippen LogP contribution is 2.28. The van der Waals surface area contributed by atoms with E-state index in [0.29, 0.717) is 17.8 Å². The monoisotopic (exact) mass is 289 g/mol. The van der Waals surface area contributed by atoms with E-state index in [0.717, 1.165) is 0 Å². The zero-order chi connectivity index (χ0) is 15.4.